The molecule has 0 spiro atoms. The second-order valence-corrected chi connectivity index (χ2v) is 6.39. The minimum absolute atomic E-state index is 0.124. The van der Waals surface area contributed by atoms with Gasteiger partial charge in [-0.25, -0.2) is 4.39 Å². The highest BCUT2D eigenvalue weighted by Crippen LogP contribution is 2.28. The van der Waals surface area contributed by atoms with Crippen LogP contribution in [0.15, 0.2) is 40.9 Å². The average molecular weight is 350 g/mol. The summed E-state index contributed by atoms with van der Waals surface area (Å²) >= 11 is 3.53. The SMILES string of the molecule is CCCNC(c1cc(C)cc(Br)c1)c1cc(C)ccc1F. The van der Waals surface area contributed by atoms with Crippen LogP contribution in [0.3, 0.4) is 0 Å². The van der Waals surface area contributed by atoms with Gasteiger partial charge in [0.2, 0.25) is 0 Å². The first kappa shape index (κ1) is 16.2. The highest BCUT2D eigenvalue weighted by molar-refractivity contribution is 9.10. The van der Waals surface area contributed by atoms with Gasteiger partial charge in [-0.2, -0.15) is 0 Å². The molecular formula is C18H21BrFN. The summed E-state index contributed by atoms with van der Waals surface area (Å²) in [6, 6.07) is 11.4. The molecule has 0 aliphatic heterocycles. The van der Waals surface area contributed by atoms with Crippen molar-refractivity contribution >= 4 is 15.9 Å². The second-order valence-electron chi connectivity index (χ2n) is 5.47. The van der Waals surface area contributed by atoms with Crippen molar-refractivity contribution in [1.29, 1.82) is 0 Å². The van der Waals surface area contributed by atoms with E-state index in [0.29, 0.717) is 5.56 Å². The van der Waals surface area contributed by atoms with E-state index >= 15 is 0 Å². The van der Waals surface area contributed by atoms with Gasteiger partial charge in [-0.15, -0.1) is 0 Å². The first-order valence-corrected chi connectivity index (χ1v) is 8.07. The summed E-state index contributed by atoms with van der Waals surface area (Å²) in [6.07, 6.45) is 1.01. The molecular weight excluding hydrogens is 329 g/mol. The minimum atomic E-state index is -0.160. The van der Waals surface area contributed by atoms with E-state index < -0.39 is 0 Å². The standard InChI is InChI=1S/C18H21BrFN/c1-4-7-21-18(14-8-13(3)9-15(19)11-14)16-10-12(2)5-6-17(16)20/h5-6,8-11,18,21H,4,7H2,1-3H3. The van der Waals surface area contributed by atoms with Crippen molar-refractivity contribution in [2.24, 2.45) is 0 Å². The molecule has 1 nitrogen and oxygen atoms in total. The third-order valence-corrected chi connectivity index (χ3v) is 3.92. The third kappa shape index (κ3) is 4.14. The normalized spacial score (nSPS) is 12.4. The maximum atomic E-state index is 14.3. The third-order valence-electron chi connectivity index (χ3n) is 3.46. The number of halogens is 2. The van der Waals surface area contributed by atoms with Crippen LogP contribution in [-0.2, 0) is 0 Å². The first-order chi connectivity index (χ1) is 10.0. The molecule has 1 N–H and O–H groups in total. The fraction of sp³-hybridized carbons (Fsp3) is 0.333. The Labute approximate surface area is 134 Å². The number of hydrogen-bond donors (Lipinski definition) is 1. The van der Waals surface area contributed by atoms with Gasteiger partial charge in [0.25, 0.3) is 0 Å². The van der Waals surface area contributed by atoms with E-state index in [1.54, 1.807) is 6.07 Å². The fourth-order valence-electron chi connectivity index (χ4n) is 2.51. The highest BCUT2D eigenvalue weighted by atomic mass is 79.9. The Hall–Kier alpha value is -1.19. The summed E-state index contributed by atoms with van der Waals surface area (Å²) in [5.41, 5.74) is 4.03. The van der Waals surface area contributed by atoms with Gasteiger partial charge < -0.3 is 5.32 Å². The van der Waals surface area contributed by atoms with Gasteiger partial charge in [0.05, 0.1) is 6.04 Å². The molecule has 0 aliphatic rings. The molecule has 1 unspecified atom stereocenters. The maximum absolute atomic E-state index is 14.3. The van der Waals surface area contributed by atoms with Crippen LogP contribution in [0.5, 0.6) is 0 Å². The van der Waals surface area contributed by atoms with Crippen molar-refractivity contribution in [1.82, 2.24) is 5.32 Å². The maximum Gasteiger partial charge on any atom is 0.128 e. The monoisotopic (exact) mass is 349 g/mol. The summed E-state index contributed by atoms with van der Waals surface area (Å²) < 4.78 is 15.3. The van der Waals surface area contributed by atoms with E-state index in [4.69, 9.17) is 0 Å². The smallest absolute Gasteiger partial charge is 0.128 e. The molecule has 0 heterocycles. The Bertz CT molecular complexity index is 604. The molecule has 2 aromatic rings. The van der Waals surface area contributed by atoms with Crippen LogP contribution in [-0.4, -0.2) is 6.54 Å². The molecule has 0 saturated carbocycles. The molecule has 3 heteroatoms. The predicted octanol–water partition coefficient (Wildman–Crippen LogP) is 5.29. The van der Waals surface area contributed by atoms with Crippen molar-refractivity contribution < 1.29 is 4.39 Å². The van der Waals surface area contributed by atoms with Gasteiger partial charge in [-0.3, -0.25) is 0 Å². The summed E-state index contributed by atoms with van der Waals surface area (Å²) in [5.74, 6) is -0.160. The Balaban J connectivity index is 2.49. The first-order valence-electron chi connectivity index (χ1n) is 7.27. The van der Waals surface area contributed by atoms with Crippen LogP contribution < -0.4 is 5.32 Å². The van der Waals surface area contributed by atoms with Crippen LogP contribution in [0, 0.1) is 19.7 Å². The zero-order valence-corrected chi connectivity index (χ0v) is 14.3. The lowest BCUT2D eigenvalue weighted by Gasteiger charge is -2.21. The molecule has 0 bridgehead atoms. The molecule has 1 atom stereocenters. The Morgan fingerprint density at radius 3 is 2.52 bits per heavy atom. The molecule has 2 rings (SSSR count). The van der Waals surface area contributed by atoms with Crippen LogP contribution in [0.2, 0.25) is 0 Å². The molecule has 112 valence electrons. The van der Waals surface area contributed by atoms with Gasteiger partial charge >= 0.3 is 0 Å². The number of benzene rings is 2. The molecule has 2 aromatic carbocycles. The zero-order chi connectivity index (χ0) is 15.4. The largest absolute Gasteiger partial charge is 0.306 e. The molecule has 21 heavy (non-hydrogen) atoms. The van der Waals surface area contributed by atoms with E-state index in [-0.39, 0.29) is 11.9 Å². The van der Waals surface area contributed by atoms with Crippen molar-refractivity contribution in [3.05, 3.63) is 68.9 Å². The van der Waals surface area contributed by atoms with E-state index in [2.05, 4.69) is 53.3 Å². The molecule has 0 fully saturated rings. The quantitative estimate of drug-likeness (QED) is 0.772. The lowest BCUT2D eigenvalue weighted by atomic mass is 9.95. The van der Waals surface area contributed by atoms with Gasteiger partial charge in [0.1, 0.15) is 5.82 Å². The van der Waals surface area contributed by atoms with Gasteiger partial charge in [-0.1, -0.05) is 46.6 Å². The fourth-order valence-corrected chi connectivity index (χ4v) is 3.14. The summed E-state index contributed by atoms with van der Waals surface area (Å²) in [7, 11) is 0. The Morgan fingerprint density at radius 2 is 1.86 bits per heavy atom. The number of nitrogens with one attached hydrogen (secondary N) is 1. The number of hydrogen-bond acceptors (Lipinski definition) is 1. The summed E-state index contributed by atoms with van der Waals surface area (Å²) in [4.78, 5) is 0. The molecule has 0 aliphatic carbocycles. The number of aryl methyl sites for hydroxylation is 2. The van der Waals surface area contributed by atoms with Crippen LogP contribution in [0.1, 0.15) is 41.6 Å². The van der Waals surface area contributed by atoms with E-state index in [1.165, 1.54) is 0 Å². The average Bonchev–Trinajstić information content (AvgIpc) is 2.42. The highest BCUT2D eigenvalue weighted by Gasteiger charge is 2.18. The van der Waals surface area contributed by atoms with Crippen LogP contribution in [0.4, 0.5) is 4.39 Å². The second kappa shape index (κ2) is 7.19. The van der Waals surface area contributed by atoms with E-state index in [1.807, 2.05) is 19.1 Å². The van der Waals surface area contributed by atoms with Crippen molar-refractivity contribution in [3.8, 4) is 0 Å². The minimum Gasteiger partial charge on any atom is -0.306 e. The van der Waals surface area contributed by atoms with Gasteiger partial charge in [-0.05, 0) is 56.1 Å². The summed E-state index contributed by atoms with van der Waals surface area (Å²) in [5, 5.41) is 3.46. The van der Waals surface area contributed by atoms with Crippen LogP contribution in [0.25, 0.3) is 0 Å². The van der Waals surface area contributed by atoms with Crippen molar-refractivity contribution in [2.75, 3.05) is 6.54 Å². The van der Waals surface area contributed by atoms with Gasteiger partial charge in [0.15, 0.2) is 0 Å². The van der Waals surface area contributed by atoms with Crippen molar-refractivity contribution in [3.63, 3.8) is 0 Å². The lowest BCUT2D eigenvalue weighted by Crippen LogP contribution is -2.24. The van der Waals surface area contributed by atoms with Gasteiger partial charge in [0, 0.05) is 10.0 Å². The lowest BCUT2D eigenvalue weighted by molar-refractivity contribution is 0.546. The van der Waals surface area contributed by atoms with Crippen LogP contribution >= 0.6 is 15.9 Å². The molecule has 0 saturated heterocycles. The zero-order valence-electron chi connectivity index (χ0n) is 12.7. The van der Waals surface area contributed by atoms with E-state index in [9.17, 15) is 4.39 Å². The Kier molecular flexibility index (Phi) is 5.54. The topological polar surface area (TPSA) is 12.0 Å². The van der Waals surface area contributed by atoms with Crippen molar-refractivity contribution in [2.45, 2.75) is 33.2 Å². The summed E-state index contributed by atoms with van der Waals surface area (Å²) in [6.45, 7) is 7.01. The molecule has 0 amide bonds. The number of rotatable bonds is 5. The molecule has 0 radical (unpaired) electrons. The Morgan fingerprint density at radius 1 is 1.10 bits per heavy atom. The predicted molar refractivity (Wildman–Crippen MR) is 90.2 cm³/mol. The molecule has 0 aromatic heterocycles. The van der Waals surface area contributed by atoms with E-state index in [0.717, 1.165) is 34.1 Å².